The Morgan fingerprint density at radius 3 is 2.47 bits per heavy atom. The normalized spacial score (nSPS) is 11.5. The molecule has 96 valence electrons. The summed E-state index contributed by atoms with van der Waals surface area (Å²) in [6.45, 7) is 8.52. The Hall–Kier alpha value is -1.02. The monoisotopic (exact) mass is 235 g/mol. The molecule has 1 aromatic rings. The second kappa shape index (κ2) is 6.65. The van der Waals surface area contributed by atoms with Crippen molar-refractivity contribution >= 4 is 0 Å². The van der Waals surface area contributed by atoms with Gasteiger partial charge in [-0.15, -0.1) is 0 Å². The van der Waals surface area contributed by atoms with E-state index in [0.29, 0.717) is 0 Å². The molecule has 0 saturated heterocycles. The maximum Gasteiger partial charge on any atom is 0.123 e. The highest BCUT2D eigenvalue weighted by Gasteiger charge is 2.17. The van der Waals surface area contributed by atoms with Gasteiger partial charge >= 0.3 is 0 Å². The van der Waals surface area contributed by atoms with Gasteiger partial charge in [0.05, 0.1) is 6.61 Å². The highest BCUT2D eigenvalue weighted by atomic mass is 16.5. The zero-order valence-corrected chi connectivity index (χ0v) is 11.5. The predicted octanol–water partition coefficient (Wildman–Crippen LogP) is 3.36. The number of rotatable bonds is 6. The summed E-state index contributed by atoms with van der Waals surface area (Å²) in [6, 6.07) is 8.34. The van der Waals surface area contributed by atoms with E-state index in [9.17, 15) is 0 Å². The molecule has 0 aliphatic rings. The van der Waals surface area contributed by atoms with Crippen LogP contribution < -0.4 is 10.1 Å². The first-order valence-corrected chi connectivity index (χ1v) is 6.42. The topological polar surface area (TPSA) is 21.3 Å². The molecule has 0 spiro atoms. The van der Waals surface area contributed by atoms with Gasteiger partial charge in [-0.3, -0.25) is 0 Å². The van der Waals surface area contributed by atoms with Crippen molar-refractivity contribution in [1.29, 1.82) is 0 Å². The molecule has 0 bridgehead atoms. The van der Waals surface area contributed by atoms with Crippen LogP contribution in [0.3, 0.4) is 0 Å². The van der Waals surface area contributed by atoms with E-state index >= 15 is 0 Å². The second-order valence-corrected chi connectivity index (χ2v) is 5.41. The fourth-order valence-corrected chi connectivity index (χ4v) is 1.80. The van der Waals surface area contributed by atoms with Gasteiger partial charge in [-0.1, -0.05) is 39.0 Å². The lowest BCUT2D eigenvalue weighted by molar-refractivity contribution is 0.298. The second-order valence-electron chi connectivity index (χ2n) is 5.41. The first-order chi connectivity index (χ1) is 8.05. The summed E-state index contributed by atoms with van der Waals surface area (Å²) in [5.74, 6) is 1.03. The van der Waals surface area contributed by atoms with Gasteiger partial charge in [-0.2, -0.15) is 0 Å². The number of hydrogen-bond acceptors (Lipinski definition) is 2. The number of hydrogen-bond donors (Lipinski definition) is 1. The van der Waals surface area contributed by atoms with Crippen LogP contribution in [0, 0.1) is 0 Å². The third-order valence-corrected chi connectivity index (χ3v) is 2.77. The minimum Gasteiger partial charge on any atom is -0.493 e. The van der Waals surface area contributed by atoms with Gasteiger partial charge in [-0.05, 0) is 43.5 Å². The van der Waals surface area contributed by atoms with E-state index in [2.05, 4.69) is 44.3 Å². The van der Waals surface area contributed by atoms with E-state index in [1.165, 1.54) is 5.56 Å². The highest BCUT2D eigenvalue weighted by Crippen LogP contribution is 2.30. The van der Waals surface area contributed by atoms with E-state index in [1.54, 1.807) is 0 Å². The number of para-hydroxylation sites is 1. The zero-order valence-electron chi connectivity index (χ0n) is 11.5. The lowest BCUT2D eigenvalue weighted by Gasteiger charge is -2.22. The van der Waals surface area contributed by atoms with E-state index in [4.69, 9.17) is 4.74 Å². The van der Waals surface area contributed by atoms with Crippen molar-refractivity contribution in [3.05, 3.63) is 29.8 Å². The Bertz CT molecular complexity index is 328. The number of nitrogens with one attached hydrogen (secondary N) is 1. The molecule has 1 rings (SSSR count). The fraction of sp³-hybridized carbons (Fsp3) is 0.600. The molecular weight excluding hydrogens is 210 g/mol. The quantitative estimate of drug-likeness (QED) is 0.763. The van der Waals surface area contributed by atoms with Crippen molar-refractivity contribution in [1.82, 2.24) is 5.32 Å². The molecule has 0 aromatic heterocycles. The average Bonchev–Trinajstić information content (AvgIpc) is 2.28. The molecule has 0 amide bonds. The Balaban J connectivity index is 2.53. The molecule has 1 aromatic carbocycles. The summed E-state index contributed by atoms with van der Waals surface area (Å²) in [5.41, 5.74) is 1.43. The first-order valence-electron chi connectivity index (χ1n) is 6.42. The summed E-state index contributed by atoms with van der Waals surface area (Å²) in [6.07, 6.45) is 2.26. The van der Waals surface area contributed by atoms with Gasteiger partial charge in [0.1, 0.15) is 5.75 Å². The molecule has 0 radical (unpaired) electrons. The third kappa shape index (κ3) is 4.78. The minimum atomic E-state index is 0.140. The van der Waals surface area contributed by atoms with Crippen LogP contribution in [0.4, 0.5) is 0 Å². The molecule has 1 N–H and O–H groups in total. The lowest BCUT2D eigenvalue weighted by atomic mass is 9.86. The van der Waals surface area contributed by atoms with Crippen molar-refractivity contribution in [3.8, 4) is 5.75 Å². The van der Waals surface area contributed by atoms with Crippen molar-refractivity contribution in [2.45, 2.75) is 39.0 Å². The smallest absolute Gasteiger partial charge is 0.123 e. The van der Waals surface area contributed by atoms with E-state index in [1.807, 2.05) is 13.1 Å². The third-order valence-electron chi connectivity index (χ3n) is 2.77. The van der Waals surface area contributed by atoms with E-state index in [-0.39, 0.29) is 5.41 Å². The van der Waals surface area contributed by atoms with Crippen LogP contribution >= 0.6 is 0 Å². The van der Waals surface area contributed by atoms with Gasteiger partial charge < -0.3 is 10.1 Å². The summed E-state index contributed by atoms with van der Waals surface area (Å²) in [5, 5.41) is 3.15. The van der Waals surface area contributed by atoms with Crippen LogP contribution in [-0.2, 0) is 5.41 Å². The Morgan fingerprint density at radius 2 is 1.82 bits per heavy atom. The molecule has 2 heteroatoms. The van der Waals surface area contributed by atoms with Crippen LogP contribution in [0.15, 0.2) is 24.3 Å². The molecule has 0 aliphatic carbocycles. The maximum absolute atomic E-state index is 5.88. The lowest BCUT2D eigenvalue weighted by Crippen LogP contribution is -2.14. The predicted molar refractivity (Wildman–Crippen MR) is 73.8 cm³/mol. The fourth-order valence-electron chi connectivity index (χ4n) is 1.80. The molecule has 0 saturated carbocycles. The van der Waals surface area contributed by atoms with Crippen LogP contribution in [0.25, 0.3) is 0 Å². The molecule has 17 heavy (non-hydrogen) atoms. The van der Waals surface area contributed by atoms with Crippen LogP contribution in [0.2, 0.25) is 0 Å². The van der Waals surface area contributed by atoms with Crippen LogP contribution in [0.1, 0.15) is 39.2 Å². The van der Waals surface area contributed by atoms with Crippen LogP contribution in [0.5, 0.6) is 5.75 Å². The van der Waals surface area contributed by atoms with Crippen LogP contribution in [-0.4, -0.2) is 20.2 Å². The molecular formula is C15H25NO. The van der Waals surface area contributed by atoms with E-state index in [0.717, 1.165) is 31.7 Å². The maximum atomic E-state index is 5.88. The molecule has 0 unspecified atom stereocenters. The molecule has 0 atom stereocenters. The molecule has 0 aliphatic heterocycles. The van der Waals surface area contributed by atoms with Gasteiger partial charge in [0.2, 0.25) is 0 Å². The van der Waals surface area contributed by atoms with Crippen molar-refractivity contribution < 1.29 is 4.74 Å². The molecule has 0 fully saturated rings. The van der Waals surface area contributed by atoms with Gasteiger partial charge in [-0.25, -0.2) is 0 Å². The summed E-state index contributed by atoms with van der Waals surface area (Å²) in [4.78, 5) is 0. The molecule has 0 heterocycles. The summed E-state index contributed by atoms with van der Waals surface area (Å²) in [7, 11) is 1.98. The van der Waals surface area contributed by atoms with Crippen molar-refractivity contribution in [3.63, 3.8) is 0 Å². The van der Waals surface area contributed by atoms with Crippen molar-refractivity contribution in [2.75, 3.05) is 20.2 Å². The summed E-state index contributed by atoms with van der Waals surface area (Å²) >= 11 is 0. The molecule has 2 nitrogen and oxygen atoms in total. The minimum absolute atomic E-state index is 0.140. The average molecular weight is 235 g/mol. The number of unbranched alkanes of at least 4 members (excludes halogenated alkanes) is 1. The van der Waals surface area contributed by atoms with E-state index < -0.39 is 0 Å². The van der Waals surface area contributed by atoms with Crippen molar-refractivity contribution in [2.24, 2.45) is 0 Å². The summed E-state index contributed by atoms with van der Waals surface area (Å²) < 4.78 is 5.88. The zero-order chi connectivity index (χ0) is 12.7. The van der Waals surface area contributed by atoms with Gasteiger partial charge in [0.25, 0.3) is 0 Å². The number of ether oxygens (including phenoxy) is 1. The van der Waals surface area contributed by atoms with Gasteiger partial charge in [0, 0.05) is 0 Å². The highest BCUT2D eigenvalue weighted by molar-refractivity contribution is 5.38. The first kappa shape index (κ1) is 14.0. The number of benzene rings is 1. The largest absolute Gasteiger partial charge is 0.493 e. The Labute approximate surface area is 105 Å². The standard InChI is InChI=1S/C15H25NO/c1-15(2,3)13-9-5-6-10-14(13)17-12-8-7-11-16-4/h5-6,9-10,16H,7-8,11-12H2,1-4H3. The Kier molecular flexibility index (Phi) is 5.49. The SMILES string of the molecule is CNCCCCOc1ccccc1C(C)(C)C. The van der Waals surface area contributed by atoms with Gasteiger partial charge in [0.15, 0.2) is 0 Å². The Morgan fingerprint density at radius 1 is 1.12 bits per heavy atom.